The van der Waals surface area contributed by atoms with Crippen LogP contribution in [-0.4, -0.2) is 10.9 Å². The van der Waals surface area contributed by atoms with Crippen LogP contribution in [0.3, 0.4) is 0 Å². The number of nitrogens with one attached hydrogen (secondary N) is 2. The maximum atomic E-state index is 12.3. The van der Waals surface area contributed by atoms with E-state index in [9.17, 15) is 9.59 Å². The zero-order valence-electron chi connectivity index (χ0n) is 11.6. The van der Waals surface area contributed by atoms with E-state index in [-0.39, 0.29) is 11.7 Å². The molecule has 0 spiro atoms. The van der Waals surface area contributed by atoms with Crippen molar-refractivity contribution in [1.29, 1.82) is 0 Å². The lowest BCUT2D eigenvalue weighted by atomic mass is 10.2. The molecule has 6 nitrogen and oxygen atoms in total. The first kappa shape index (κ1) is 13.8. The van der Waals surface area contributed by atoms with Gasteiger partial charge >= 0.3 is 5.76 Å². The fourth-order valence-corrected chi connectivity index (χ4v) is 2.82. The standard InChI is InChI=1S/C16H9BrN2O4/c17-10-2-1-3-12-9(10)7-14(22-12)15(20)18-8-4-5-11-13(6-8)23-16(21)19-11/h1-7H,(H,18,20)(H,19,21). The molecule has 23 heavy (non-hydrogen) atoms. The third kappa shape index (κ3) is 2.44. The van der Waals surface area contributed by atoms with Gasteiger partial charge in [0, 0.05) is 21.6 Å². The van der Waals surface area contributed by atoms with Crippen LogP contribution >= 0.6 is 15.9 Å². The van der Waals surface area contributed by atoms with Crippen molar-refractivity contribution in [3.63, 3.8) is 0 Å². The molecule has 0 aliphatic heterocycles. The van der Waals surface area contributed by atoms with E-state index in [0.717, 1.165) is 9.86 Å². The van der Waals surface area contributed by atoms with Crippen molar-refractivity contribution in [1.82, 2.24) is 4.98 Å². The van der Waals surface area contributed by atoms with Crippen molar-refractivity contribution in [2.45, 2.75) is 0 Å². The molecule has 0 saturated heterocycles. The molecule has 0 unspecified atom stereocenters. The Labute approximate surface area is 137 Å². The Morgan fingerprint density at radius 1 is 1.09 bits per heavy atom. The summed E-state index contributed by atoms with van der Waals surface area (Å²) in [5.74, 6) is -0.724. The maximum Gasteiger partial charge on any atom is 0.417 e. The minimum atomic E-state index is -0.536. The highest BCUT2D eigenvalue weighted by Gasteiger charge is 2.14. The van der Waals surface area contributed by atoms with Crippen LogP contribution in [0.5, 0.6) is 0 Å². The maximum absolute atomic E-state index is 12.3. The average Bonchev–Trinajstić information content (AvgIpc) is 3.10. The van der Waals surface area contributed by atoms with Gasteiger partial charge in [0.05, 0.1) is 5.52 Å². The minimum Gasteiger partial charge on any atom is -0.451 e. The van der Waals surface area contributed by atoms with E-state index in [1.54, 1.807) is 30.3 Å². The first-order chi connectivity index (χ1) is 11.1. The van der Waals surface area contributed by atoms with Gasteiger partial charge in [-0.2, -0.15) is 0 Å². The van der Waals surface area contributed by atoms with Crippen LogP contribution < -0.4 is 11.1 Å². The zero-order chi connectivity index (χ0) is 16.0. The first-order valence-corrected chi connectivity index (χ1v) is 7.52. The molecule has 4 rings (SSSR count). The fourth-order valence-electron chi connectivity index (χ4n) is 2.35. The molecule has 4 aromatic rings. The summed E-state index contributed by atoms with van der Waals surface area (Å²) in [4.78, 5) is 26.0. The highest BCUT2D eigenvalue weighted by atomic mass is 79.9. The highest BCUT2D eigenvalue weighted by Crippen LogP contribution is 2.27. The van der Waals surface area contributed by atoms with Crippen LogP contribution in [0.15, 0.2) is 60.6 Å². The van der Waals surface area contributed by atoms with Crippen LogP contribution in [0.1, 0.15) is 10.6 Å². The second-order valence-electron chi connectivity index (χ2n) is 4.94. The summed E-state index contributed by atoms with van der Waals surface area (Å²) in [7, 11) is 0. The lowest BCUT2D eigenvalue weighted by Gasteiger charge is -2.02. The summed E-state index contributed by atoms with van der Waals surface area (Å²) in [5.41, 5.74) is 2.07. The van der Waals surface area contributed by atoms with Crippen molar-refractivity contribution in [3.8, 4) is 0 Å². The molecule has 2 heterocycles. The molecule has 0 atom stereocenters. The number of amides is 1. The third-order valence-corrected chi connectivity index (χ3v) is 4.10. The lowest BCUT2D eigenvalue weighted by Crippen LogP contribution is -2.10. The van der Waals surface area contributed by atoms with Gasteiger partial charge in [0.1, 0.15) is 5.58 Å². The van der Waals surface area contributed by atoms with E-state index in [1.807, 2.05) is 12.1 Å². The second kappa shape index (κ2) is 5.13. The van der Waals surface area contributed by atoms with Gasteiger partial charge in [0.25, 0.3) is 5.91 Å². The Morgan fingerprint density at radius 2 is 1.96 bits per heavy atom. The second-order valence-corrected chi connectivity index (χ2v) is 5.80. The number of halogens is 1. The molecule has 0 aliphatic rings. The van der Waals surface area contributed by atoms with E-state index < -0.39 is 5.76 Å². The lowest BCUT2D eigenvalue weighted by molar-refractivity contribution is 0.0998. The predicted molar refractivity (Wildman–Crippen MR) is 88.7 cm³/mol. The number of hydrogen-bond donors (Lipinski definition) is 2. The summed E-state index contributed by atoms with van der Waals surface area (Å²) in [6.45, 7) is 0. The fraction of sp³-hybridized carbons (Fsp3) is 0. The molecule has 2 aromatic carbocycles. The largest absolute Gasteiger partial charge is 0.451 e. The third-order valence-electron chi connectivity index (χ3n) is 3.41. The van der Waals surface area contributed by atoms with Crippen LogP contribution in [0.2, 0.25) is 0 Å². The van der Waals surface area contributed by atoms with Crippen molar-refractivity contribution < 1.29 is 13.6 Å². The number of furan rings is 1. The number of aromatic nitrogens is 1. The minimum absolute atomic E-state index is 0.197. The molecule has 114 valence electrons. The average molecular weight is 373 g/mol. The van der Waals surface area contributed by atoms with Gasteiger partial charge in [0.15, 0.2) is 11.3 Å². The molecule has 1 amide bonds. The number of fused-ring (bicyclic) bond motifs is 2. The Balaban J connectivity index is 1.67. The van der Waals surface area contributed by atoms with Gasteiger partial charge in [-0.15, -0.1) is 0 Å². The SMILES string of the molecule is O=C(Nc1ccc2[nH]c(=O)oc2c1)c1cc2c(Br)cccc2o1. The van der Waals surface area contributed by atoms with E-state index in [4.69, 9.17) is 8.83 Å². The molecule has 2 aromatic heterocycles. The summed E-state index contributed by atoms with van der Waals surface area (Å²) >= 11 is 3.42. The number of carbonyl (C=O) groups excluding carboxylic acids is 1. The predicted octanol–water partition coefficient (Wildman–Crippen LogP) is 3.88. The van der Waals surface area contributed by atoms with Crippen molar-refractivity contribution in [3.05, 3.63) is 63.2 Å². The number of oxazole rings is 1. The van der Waals surface area contributed by atoms with Crippen molar-refractivity contribution in [2.24, 2.45) is 0 Å². The van der Waals surface area contributed by atoms with E-state index >= 15 is 0 Å². The van der Waals surface area contributed by atoms with Crippen LogP contribution in [-0.2, 0) is 0 Å². The summed E-state index contributed by atoms with van der Waals surface area (Å²) in [5, 5.41) is 3.54. The normalized spacial score (nSPS) is 11.2. The number of rotatable bonds is 2. The molecule has 0 aliphatic carbocycles. The number of aromatic amines is 1. The zero-order valence-corrected chi connectivity index (χ0v) is 13.1. The summed E-state index contributed by atoms with van der Waals surface area (Å²) in [6.07, 6.45) is 0. The van der Waals surface area contributed by atoms with Crippen LogP contribution in [0.25, 0.3) is 22.1 Å². The van der Waals surface area contributed by atoms with E-state index in [0.29, 0.717) is 22.4 Å². The molecule has 2 N–H and O–H groups in total. The summed E-state index contributed by atoms with van der Waals surface area (Å²) < 4.78 is 11.4. The van der Waals surface area contributed by atoms with Gasteiger partial charge in [-0.3, -0.25) is 9.78 Å². The van der Waals surface area contributed by atoms with Crippen molar-refractivity contribution >= 4 is 49.6 Å². The Bertz CT molecular complexity index is 1110. The monoisotopic (exact) mass is 372 g/mol. The molecule has 0 fully saturated rings. The van der Waals surface area contributed by atoms with E-state index in [2.05, 4.69) is 26.2 Å². The van der Waals surface area contributed by atoms with Crippen molar-refractivity contribution in [2.75, 3.05) is 5.32 Å². The van der Waals surface area contributed by atoms with Crippen LogP contribution in [0.4, 0.5) is 5.69 Å². The number of anilines is 1. The topological polar surface area (TPSA) is 88.2 Å². The van der Waals surface area contributed by atoms with Gasteiger partial charge in [0.2, 0.25) is 0 Å². The Kier molecular flexibility index (Phi) is 3.09. The van der Waals surface area contributed by atoms with Gasteiger partial charge in [-0.1, -0.05) is 22.0 Å². The quantitative estimate of drug-likeness (QED) is 0.558. The van der Waals surface area contributed by atoms with Gasteiger partial charge in [-0.05, 0) is 30.3 Å². The molecular weight excluding hydrogens is 364 g/mol. The number of benzene rings is 2. The number of hydrogen-bond acceptors (Lipinski definition) is 4. The Morgan fingerprint density at radius 3 is 2.78 bits per heavy atom. The molecule has 7 heteroatoms. The highest BCUT2D eigenvalue weighted by molar-refractivity contribution is 9.10. The molecule has 0 saturated carbocycles. The van der Waals surface area contributed by atoms with Gasteiger partial charge < -0.3 is 14.2 Å². The summed E-state index contributed by atoms with van der Waals surface area (Å²) in [6, 6.07) is 12.1. The Hall–Kier alpha value is -2.80. The number of carbonyl (C=O) groups is 1. The van der Waals surface area contributed by atoms with Gasteiger partial charge in [-0.25, -0.2) is 4.79 Å². The molecule has 0 radical (unpaired) electrons. The van der Waals surface area contributed by atoms with E-state index in [1.165, 1.54) is 0 Å². The first-order valence-electron chi connectivity index (χ1n) is 6.72. The smallest absolute Gasteiger partial charge is 0.417 e. The molecular formula is C16H9BrN2O4. The number of H-pyrrole nitrogens is 1. The van der Waals surface area contributed by atoms with Crippen LogP contribution in [0, 0.1) is 0 Å². The molecule has 0 bridgehead atoms.